The zero-order chi connectivity index (χ0) is 18.8. The molecular weight excluding hydrogens is 387 g/mol. The Morgan fingerprint density at radius 3 is 2.23 bits per heavy atom. The molecule has 26 heavy (non-hydrogen) atoms. The van der Waals surface area contributed by atoms with Crippen molar-refractivity contribution in [2.75, 3.05) is 0 Å². The number of aromatic hydroxyl groups is 1. The molecule has 0 amide bonds. The Balaban J connectivity index is 1.48. The van der Waals surface area contributed by atoms with Crippen LogP contribution in [0.15, 0.2) is 6.07 Å². The van der Waals surface area contributed by atoms with E-state index in [4.69, 9.17) is 4.74 Å². The third-order valence-electron chi connectivity index (χ3n) is 5.57. The van der Waals surface area contributed by atoms with E-state index in [1.165, 1.54) is 80.4 Å². The number of fused-ring (bicyclic) bond motifs is 1. The quantitative estimate of drug-likeness (QED) is 0.279. The van der Waals surface area contributed by atoms with Crippen LogP contribution >= 0.6 is 0 Å². The van der Waals surface area contributed by atoms with Crippen LogP contribution in [0, 0.1) is 13.8 Å². The van der Waals surface area contributed by atoms with Gasteiger partial charge in [-0.3, -0.25) is 0 Å². The Kier molecular flexibility index (Phi) is 9.93. The van der Waals surface area contributed by atoms with Crippen LogP contribution in [0.2, 0.25) is 10.6 Å². The molecule has 1 atom stereocenters. The fourth-order valence-electron chi connectivity index (χ4n) is 3.71. The van der Waals surface area contributed by atoms with Crippen LogP contribution in [0.4, 0.5) is 0 Å². The molecule has 1 aliphatic heterocycles. The van der Waals surface area contributed by atoms with Gasteiger partial charge in [-0.2, -0.15) is 0 Å². The van der Waals surface area contributed by atoms with Crippen LogP contribution in [-0.2, 0) is 6.42 Å². The SMILES string of the molecule is CCCCCCCCCCCC[Se]CC1Cc2cc(O)c(C)c(C)c2O1. The molecule has 0 bridgehead atoms. The summed E-state index contributed by atoms with van der Waals surface area (Å²) in [5.41, 5.74) is 3.27. The number of hydrogen-bond donors (Lipinski definition) is 1. The van der Waals surface area contributed by atoms with Gasteiger partial charge in [-0.1, -0.05) is 0 Å². The molecule has 1 aliphatic rings. The van der Waals surface area contributed by atoms with E-state index in [1.54, 1.807) is 0 Å². The van der Waals surface area contributed by atoms with Crippen molar-refractivity contribution < 1.29 is 9.84 Å². The first-order valence-electron chi connectivity index (χ1n) is 10.7. The predicted octanol–water partition coefficient (Wildman–Crippen LogP) is 6.77. The number of phenolic OH excluding ortho intramolecular Hbond substituents is 1. The van der Waals surface area contributed by atoms with E-state index in [0.29, 0.717) is 26.8 Å². The van der Waals surface area contributed by atoms with E-state index in [1.807, 2.05) is 13.0 Å². The summed E-state index contributed by atoms with van der Waals surface area (Å²) >= 11 is 0.692. The molecule has 0 saturated heterocycles. The molecule has 0 aromatic heterocycles. The third kappa shape index (κ3) is 6.82. The summed E-state index contributed by atoms with van der Waals surface area (Å²) < 4.78 is 6.18. The first-order valence-corrected chi connectivity index (χ1v) is 13.1. The van der Waals surface area contributed by atoms with Gasteiger partial charge in [0.1, 0.15) is 0 Å². The molecule has 0 aliphatic carbocycles. The summed E-state index contributed by atoms with van der Waals surface area (Å²) in [5, 5.41) is 12.6. The Morgan fingerprint density at radius 1 is 0.962 bits per heavy atom. The van der Waals surface area contributed by atoms with Gasteiger partial charge >= 0.3 is 167 Å². The van der Waals surface area contributed by atoms with E-state index in [9.17, 15) is 5.11 Å². The second-order valence-electron chi connectivity index (χ2n) is 7.83. The van der Waals surface area contributed by atoms with Gasteiger partial charge < -0.3 is 0 Å². The monoisotopic (exact) mass is 426 g/mol. The molecule has 0 radical (unpaired) electrons. The van der Waals surface area contributed by atoms with Gasteiger partial charge in [0, 0.05) is 0 Å². The molecule has 0 fully saturated rings. The second kappa shape index (κ2) is 11.9. The van der Waals surface area contributed by atoms with Crippen molar-refractivity contribution in [3.63, 3.8) is 0 Å². The van der Waals surface area contributed by atoms with Crippen molar-refractivity contribution >= 4 is 15.0 Å². The predicted molar refractivity (Wildman–Crippen MR) is 113 cm³/mol. The summed E-state index contributed by atoms with van der Waals surface area (Å²) in [5.74, 6) is 1.46. The maximum absolute atomic E-state index is 9.99. The van der Waals surface area contributed by atoms with E-state index in [2.05, 4.69) is 13.8 Å². The van der Waals surface area contributed by atoms with Crippen molar-refractivity contribution in [3.8, 4) is 11.5 Å². The standard InChI is InChI=1S/C23H38O2Se/c1-4-5-6-7-8-9-10-11-12-13-14-26-17-21-15-20-16-22(24)18(2)19(3)23(20)25-21/h16,21,24H,4-15,17H2,1-3H3. The molecule has 0 saturated carbocycles. The number of hydrogen-bond acceptors (Lipinski definition) is 2. The molecular formula is C23H38O2Se. The van der Waals surface area contributed by atoms with Crippen LogP contribution < -0.4 is 4.74 Å². The Bertz CT molecular complexity index is 541. The Labute approximate surface area is 167 Å². The maximum atomic E-state index is 9.99. The number of benzene rings is 1. The van der Waals surface area contributed by atoms with Crippen LogP contribution in [-0.4, -0.2) is 26.2 Å². The molecule has 148 valence electrons. The fourth-order valence-corrected chi connectivity index (χ4v) is 5.86. The topological polar surface area (TPSA) is 29.5 Å². The zero-order valence-electron chi connectivity index (χ0n) is 17.1. The van der Waals surface area contributed by atoms with Crippen LogP contribution in [0.1, 0.15) is 87.8 Å². The molecule has 1 heterocycles. The number of phenols is 1. The molecule has 0 spiro atoms. The first-order chi connectivity index (χ1) is 12.6. The van der Waals surface area contributed by atoms with Gasteiger partial charge in [-0.25, -0.2) is 0 Å². The zero-order valence-corrected chi connectivity index (χ0v) is 18.8. The van der Waals surface area contributed by atoms with Gasteiger partial charge in [-0.05, 0) is 0 Å². The number of unbranched alkanes of at least 4 members (excludes halogenated alkanes) is 9. The van der Waals surface area contributed by atoms with Crippen molar-refractivity contribution in [2.45, 2.75) is 108 Å². The van der Waals surface area contributed by atoms with Crippen LogP contribution in [0.25, 0.3) is 0 Å². The summed E-state index contributed by atoms with van der Waals surface area (Å²) in [6.45, 7) is 6.31. The Morgan fingerprint density at radius 2 is 1.58 bits per heavy atom. The van der Waals surface area contributed by atoms with E-state index < -0.39 is 0 Å². The summed E-state index contributed by atoms with van der Waals surface area (Å²) in [6, 6.07) is 1.91. The van der Waals surface area contributed by atoms with Crippen LogP contribution in [0.3, 0.4) is 0 Å². The minimum absolute atomic E-state index is 0.341. The summed E-state index contributed by atoms with van der Waals surface area (Å²) in [6.07, 6.45) is 15.5. The molecule has 1 unspecified atom stereocenters. The molecule has 3 heteroatoms. The summed E-state index contributed by atoms with van der Waals surface area (Å²) in [4.78, 5) is 0. The van der Waals surface area contributed by atoms with Gasteiger partial charge in [0.05, 0.1) is 0 Å². The molecule has 1 aromatic rings. The second-order valence-corrected chi connectivity index (χ2v) is 10.2. The first kappa shape index (κ1) is 21.6. The van der Waals surface area contributed by atoms with Gasteiger partial charge in [-0.15, -0.1) is 0 Å². The van der Waals surface area contributed by atoms with Crippen LogP contribution in [0.5, 0.6) is 11.5 Å². The van der Waals surface area contributed by atoms with Gasteiger partial charge in [0.15, 0.2) is 0 Å². The van der Waals surface area contributed by atoms with E-state index >= 15 is 0 Å². The number of ether oxygens (including phenoxy) is 1. The molecule has 1 aromatic carbocycles. The van der Waals surface area contributed by atoms with Crippen molar-refractivity contribution in [1.82, 2.24) is 0 Å². The fraction of sp³-hybridized carbons (Fsp3) is 0.739. The van der Waals surface area contributed by atoms with Crippen molar-refractivity contribution in [1.29, 1.82) is 0 Å². The van der Waals surface area contributed by atoms with E-state index in [-0.39, 0.29) is 0 Å². The average molecular weight is 426 g/mol. The Hall–Kier alpha value is -0.661. The molecule has 1 N–H and O–H groups in total. The molecule has 2 nitrogen and oxygen atoms in total. The van der Waals surface area contributed by atoms with Gasteiger partial charge in [0.2, 0.25) is 0 Å². The minimum atomic E-state index is 0.341. The van der Waals surface area contributed by atoms with E-state index in [0.717, 1.165) is 23.3 Å². The van der Waals surface area contributed by atoms with Gasteiger partial charge in [0.25, 0.3) is 0 Å². The summed E-state index contributed by atoms with van der Waals surface area (Å²) in [7, 11) is 0. The average Bonchev–Trinajstić information content (AvgIpc) is 3.03. The molecule has 2 rings (SSSR count). The number of rotatable bonds is 13. The van der Waals surface area contributed by atoms with Crippen molar-refractivity contribution in [3.05, 3.63) is 22.8 Å². The van der Waals surface area contributed by atoms with Crippen molar-refractivity contribution in [2.24, 2.45) is 0 Å². The normalized spacial score (nSPS) is 15.9. The third-order valence-corrected chi connectivity index (χ3v) is 8.05.